The number of carboxylic acid groups (broad SMARTS) is 1. The first-order valence-corrected chi connectivity index (χ1v) is 8.81. The van der Waals surface area contributed by atoms with E-state index in [0.29, 0.717) is 30.3 Å². The van der Waals surface area contributed by atoms with Crippen molar-refractivity contribution in [2.24, 2.45) is 5.92 Å². The second-order valence-electron chi connectivity index (χ2n) is 6.67. The van der Waals surface area contributed by atoms with Crippen molar-refractivity contribution in [2.75, 3.05) is 13.1 Å². The van der Waals surface area contributed by atoms with Gasteiger partial charge in [-0.3, -0.25) is 19.2 Å². The average Bonchev–Trinajstić information content (AvgIpc) is 2.66. The molecule has 2 aromatic rings. The molecule has 1 aromatic heterocycles. The molecule has 2 amide bonds. The minimum atomic E-state index is -0.924. The van der Waals surface area contributed by atoms with Gasteiger partial charge in [0, 0.05) is 29.7 Å². The maximum Gasteiger partial charge on any atom is 0.308 e. The zero-order chi connectivity index (χ0) is 19.6. The molecule has 3 rings (SSSR count). The van der Waals surface area contributed by atoms with Gasteiger partial charge in [0.1, 0.15) is 5.56 Å². The number of nitrogens with zero attached hydrogens (tertiary/aromatic N) is 1. The Bertz CT molecular complexity index is 952. The summed E-state index contributed by atoms with van der Waals surface area (Å²) in [7, 11) is 0. The fourth-order valence-corrected chi connectivity index (χ4v) is 3.51. The van der Waals surface area contributed by atoms with Gasteiger partial charge in [-0.2, -0.15) is 0 Å². The van der Waals surface area contributed by atoms with Gasteiger partial charge in [-0.25, -0.2) is 0 Å². The number of carbonyl (C=O) groups is 3. The first kappa shape index (κ1) is 18.6. The standard InChI is InChI=1S/C19H21N3O5/c1-11-12(19(26)27)6-4-8-22(11)16(23)10-21-18(25)14-9-20-15-7-3-2-5-13(15)17(14)24/h2-3,5,7,9,11-12H,4,6,8,10H2,1H3,(H,20,24)(H,21,25)(H,26,27)/t11-,12-/m1/s1. The van der Waals surface area contributed by atoms with Gasteiger partial charge in [0.25, 0.3) is 5.91 Å². The van der Waals surface area contributed by atoms with E-state index in [9.17, 15) is 24.3 Å². The van der Waals surface area contributed by atoms with Crippen LogP contribution in [0.2, 0.25) is 0 Å². The first-order chi connectivity index (χ1) is 12.9. The lowest BCUT2D eigenvalue weighted by Gasteiger charge is -2.37. The Morgan fingerprint density at radius 3 is 2.78 bits per heavy atom. The lowest BCUT2D eigenvalue weighted by molar-refractivity contribution is -0.148. The van der Waals surface area contributed by atoms with E-state index in [0.717, 1.165) is 0 Å². The van der Waals surface area contributed by atoms with Crippen molar-refractivity contribution in [1.29, 1.82) is 0 Å². The molecule has 1 saturated heterocycles. The Morgan fingerprint density at radius 1 is 1.30 bits per heavy atom. The number of rotatable bonds is 4. The van der Waals surface area contributed by atoms with E-state index in [1.807, 2.05) is 0 Å². The predicted molar refractivity (Wildman–Crippen MR) is 98.4 cm³/mol. The maximum atomic E-state index is 12.4. The third-order valence-corrected chi connectivity index (χ3v) is 5.06. The van der Waals surface area contributed by atoms with Crippen LogP contribution in [0.1, 0.15) is 30.1 Å². The van der Waals surface area contributed by atoms with Crippen molar-refractivity contribution >= 4 is 28.7 Å². The molecule has 8 heteroatoms. The quantitative estimate of drug-likeness (QED) is 0.740. The van der Waals surface area contributed by atoms with Crippen LogP contribution in [0.4, 0.5) is 0 Å². The highest BCUT2D eigenvalue weighted by molar-refractivity contribution is 5.98. The number of aromatic amines is 1. The van der Waals surface area contributed by atoms with Crippen molar-refractivity contribution in [3.05, 3.63) is 46.2 Å². The van der Waals surface area contributed by atoms with Gasteiger partial charge in [-0.15, -0.1) is 0 Å². The maximum absolute atomic E-state index is 12.4. The number of fused-ring (bicyclic) bond motifs is 1. The summed E-state index contributed by atoms with van der Waals surface area (Å²) in [5.74, 6) is -2.54. The van der Waals surface area contributed by atoms with Gasteiger partial charge >= 0.3 is 5.97 Å². The van der Waals surface area contributed by atoms with Crippen molar-refractivity contribution in [3.63, 3.8) is 0 Å². The van der Waals surface area contributed by atoms with Crippen LogP contribution in [0.5, 0.6) is 0 Å². The zero-order valence-electron chi connectivity index (χ0n) is 14.9. The van der Waals surface area contributed by atoms with E-state index in [1.165, 1.54) is 11.1 Å². The molecule has 3 N–H and O–H groups in total. The summed E-state index contributed by atoms with van der Waals surface area (Å²) >= 11 is 0. The number of carboxylic acids is 1. The van der Waals surface area contributed by atoms with E-state index in [1.54, 1.807) is 31.2 Å². The largest absolute Gasteiger partial charge is 0.481 e. The molecule has 0 bridgehead atoms. The molecule has 0 radical (unpaired) electrons. The number of likely N-dealkylation sites (tertiary alicyclic amines) is 1. The fourth-order valence-electron chi connectivity index (χ4n) is 3.51. The molecule has 0 aliphatic carbocycles. The van der Waals surface area contributed by atoms with Crippen LogP contribution in [0, 0.1) is 5.92 Å². The monoisotopic (exact) mass is 371 g/mol. The molecular formula is C19H21N3O5. The van der Waals surface area contributed by atoms with Gasteiger partial charge in [-0.1, -0.05) is 12.1 Å². The molecule has 142 valence electrons. The molecule has 0 unspecified atom stereocenters. The number of H-pyrrole nitrogens is 1. The second-order valence-corrected chi connectivity index (χ2v) is 6.67. The molecule has 2 heterocycles. The predicted octanol–water partition coefficient (Wildman–Crippen LogP) is 0.970. The van der Waals surface area contributed by atoms with Gasteiger partial charge in [-0.05, 0) is 31.9 Å². The summed E-state index contributed by atoms with van der Waals surface area (Å²) in [5.41, 5.74) is 0.139. The smallest absolute Gasteiger partial charge is 0.308 e. The normalized spacial score (nSPS) is 19.7. The molecule has 1 aliphatic rings. The highest BCUT2D eigenvalue weighted by Crippen LogP contribution is 2.23. The molecule has 1 aromatic carbocycles. The van der Waals surface area contributed by atoms with E-state index < -0.39 is 29.3 Å². The number of hydrogen-bond acceptors (Lipinski definition) is 4. The third kappa shape index (κ3) is 3.69. The average molecular weight is 371 g/mol. The summed E-state index contributed by atoms with van der Waals surface area (Å²) in [6, 6.07) is 6.40. The van der Waals surface area contributed by atoms with Gasteiger partial charge in [0.05, 0.1) is 12.5 Å². The Kier molecular flexibility index (Phi) is 5.25. The summed E-state index contributed by atoms with van der Waals surface area (Å²) in [5, 5.41) is 12.1. The Morgan fingerprint density at radius 2 is 2.04 bits per heavy atom. The zero-order valence-corrected chi connectivity index (χ0v) is 14.9. The van der Waals surface area contributed by atoms with Crippen molar-refractivity contribution < 1.29 is 19.5 Å². The molecular weight excluding hydrogens is 350 g/mol. The highest BCUT2D eigenvalue weighted by atomic mass is 16.4. The molecule has 0 spiro atoms. The minimum Gasteiger partial charge on any atom is -0.481 e. The summed E-state index contributed by atoms with van der Waals surface area (Å²) in [6.45, 7) is 1.86. The first-order valence-electron chi connectivity index (χ1n) is 8.81. The van der Waals surface area contributed by atoms with E-state index in [4.69, 9.17) is 0 Å². The fraction of sp³-hybridized carbons (Fsp3) is 0.368. The van der Waals surface area contributed by atoms with Gasteiger partial charge in [0.2, 0.25) is 11.3 Å². The van der Waals surface area contributed by atoms with Crippen LogP contribution in [-0.2, 0) is 9.59 Å². The summed E-state index contributed by atoms with van der Waals surface area (Å²) < 4.78 is 0. The Labute approximate surface area is 155 Å². The van der Waals surface area contributed by atoms with Crippen LogP contribution in [0.3, 0.4) is 0 Å². The van der Waals surface area contributed by atoms with Crippen LogP contribution in [0.15, 0.2) is 35.3 Å². The van der Waals surface area contributed by atoms with Crippen LogP contribution in [-0.4, -0.2) is 51.9 Å². The second kappa shape index (κ2) is 7.61. The molecule has 27 heavy (non-hydrogen) atoms. The Balaban J connectivity index is 1.69. The molecule has 1 aliphatic heterocycles. The number of nitrogens with one attached hydrogen (secondary N) is 2. The van der Waals surface area contributed by atoms with Gasteiger partial charge < -0.3 is 20.3 Å². The number of amides is 2. The van der Waals surface area contributed by atoms with Crippen LogP contribution in [0.25, 0.3) is 10.9 Å². The van der Waals surface area contributed by atoms with Crippen molar-refractivity contribution in [1.82, 2.24) is 15.2 Å². The summed E-state index contributed by atoms with van der Waals surface area (Å²) in [4.78, 5) is 52.9. The number of hydrogen-bond donors (Lipinski definition) is 3. The number of para-hydroxylation sites is 1. The molecule has 2 atom stereocenters. The van der Waals surface area contributed by atoms with Crippen LogP contribution >= 0.6 is 0 Å². The molecule has 0 saturated carbocycles. The Hall–Kier alpha value is -3.16. The summed E-state index contributed by atoms with van der Waals surface area (Å²) in [6.07, 6.45) is 2.46. The van der Waals surface area contributed by atoms with Crippen molar-refractivity contribution in [3.8, 4) is 0 Å². The molecule has 8 nitrogen and oxygen atoms in total. The lowest BCUT2D eigenvalue weighted by Crippen LogP contribution is -2.52. The van der Waals surface area contributed by atoms with Crippen molar-refractivity contribution in [2.45, 2.75) is 25.8 Å². The number of carbonyl (C=O) groups excluding carboxylic acids is 2. The SMILES string of the molecule is C[C@@H]1[C@H](C(=O)O)CCCN1C(=O)CNC(=O)c1c[nH]c2ccccc2c1=O. The van der Waals surface area contributed by atoms with E-state index >= 15 is 0 Å². The van der Waals surface area contributed by atoms with Crippen LogP contribution < -0.4 is 10.7 Å². The number of pyridine rings is 1. The highest BCUT2D eigenvalue weighted by Gasteiger charge is 2.35. The van der Waals surface area contributed by atoms with E-state index in [-0.39, 0.29) is 18.0 Å². The minimum absolute atomic E-state index is 0.0726. The lowest BCUT2D eigenvalue weighted by atomic mass is 9.90. The number of aliphatic carboxylic acids is 1. The third-order valence-electron chi connectivity index (χ3n) is 5.06. The topological polar surface area (TPSA) is 120 Å². The van der Waals surface area contributed by atoms with Gasteiger partial charge in [0.15, 0.2) is 0 Å². The molecule has 1 fully saturated rings. The van der Waals surface area contributed by atoms with E-state index in [2.05, 4.69) is 10.3 Å². The number of piperidine rings is 1. The number of aromatic nitrogens is 1. The number of benzene rings is 1.